The van der Waals surface area contributed by atoms with Gasteiger partial charge in [0.05, 0.1) is 20.0 Å². The molecule has 1 aliphatic heterocycles. The molecule has 144 valence electrons. The lowest BCUT2D eigenvalue weighted by Crippen LogP contribution is -2.55. The van der Waals surface area contributed by atoms with Gasteiger partial charge in [-0.3, -0.25) is 14.7 Å². The second-order valence-corrected chi connectivity index (χ2v) is 7.51. The van der Waals surface area contributed by atoms with E-state index in [9.17, 15) is 0 Å². The van der Waals surface area contributed by atoms with E-state index in [1.54, 1.807) is 0 Å². The van der Waals surface area contributed by atoms with Gasteiger partial charge in [-0.05, 0) is 51.7 Å². The minimum absolute atomic E-state index is 1.16. The van der Waals surface area contributed by atoms with Crippen LogP contribution in [0.2, 0.25) is 0 Å². The Bertz CT molecular complexity index is 263. The van der Waals surface area contributed by atoms with E-state index in [0.29, 0.717) is 0 Å². The van der Waals surface area contributed by atoms with Gasteiger partial charge in [0, 0.05) is 19.6 Å². The van der Waals surface area contributed by atoms with E-state index in [0.717, 1.165) is 20.0 Å². The van der Waals surface area contributed by atoms with E-state index < -0.39 is 0 Å². The fourth-order valence-electron chi connectivity index (χ4n) is 3.66. The molecule has 0 aromatic carbocycles. The van der Waals surface area contributed by atoms with Crippen LogP contribution in [0.1, 0.15) is 72.6 Å². The minimum Gasteiger partial charge on any atom is -0.303 e. The van der Waals surface area contributed by atoms with Crippen molar-refractivity contribution in [2.24, 2.45) is 0 Å². The third-order valence-electron chi connectivity index (χ3n) is 4.88. The predicted octanol–water partition coefficient (Wildman–Crippen LogP) is 3.89. The Kier molecular flexibility index (Phi) is 12.8. The van der Waals surface area contributed by atoms with E-state index in [1.807, 2.05) is 0 Å². The molecule has 0 saturated carbocycles. The highest BCUT2D eigenvalue weighted by atomic mass is 15.5. The van der Waals surface area contributed by atoms with Crippen molar-refractivity contribution in [3.05, 3.63) is 0 Å². The summed E-state index contributed by atoms with van der Waals surface area (Å²) in [5.74, 6) is 0. The summed E-state index contributed by atoms with van der Waals surface area (Å²) in [6.07, 6.45) is 9.15. The van der Waals surface area contributed by atoms with E-state index in [-0.39, 0.29) is 0 Å². The van der Waals surface area contributed by atoms with Crippen LogP contribution < -0.4 is 0 Å². The molecule has 0 spiro atoms. The molecular weight excluding hydrogens is 296 g/mol. The zero-order valence-corrected chi connectivity index (χ0v) is 17.1. The SMILES string of the molecule is CCCCN(CCCC)CCCN1CN(CCC)CN(CCC)C1. The maximum Gasteiger partial charge on any atom is 0.0529 e. The van der Waals surface area contributed by atoms with Gasteiger partial charge in [0.25, 0.3) is 0 Å². The van der Waals surface area contributed by atoms with Crippen LogP contribution in [-0.2, 0) is 0 Å². The van der Waals surface area contributed by atoms with Crippen LogP contribution in [-0.4, -0.2) is 78.9 Å². The summed E-state index contributed by atoms with van der Waals surface area (Å²) >= 11 is 0. The van der Waals surface area contributed by atoms with Gasteiger partial charge in [0.1, 0.15) is 0 Å². The van der Waals surface area contributed by atoms with Gasteiger partial charge in [-0.25, -0.2) is 0 Å². The number of hydrogen-bond donors (Lipinski definition) is 0. The monoisotopic (exact) mass is 340 g/mol. The molecule has 0 aliphatic carbocycles. The number of rotatable bonds is 14. The van der Waals surface area contributed by atoms with Gasteiger partial charge in [-0.15, -0.1) is 0 Å². The maximum absolute atomic E-state index is 2.70. The van der Waals surface area contributed by atoms with Crippen molar-refractivity contribution in [3.8, 4) is 0 Å². The van der Waals surface area contributed by atoms with Crippen LogP contribution in [0.15, 0.2) is 0 Å². The zero-order valence-electron chi connectivity index (χ0n) is 17.1. The number of nitrogens with zero attached hydrogens (tertiary/aromatic N) is 4. The molecule has 0 N–H and O–H groups in total. The summed E-state index contributed by atoms with van der Waals surface area (Å²) in [7, 11) is 0. The molecule has 24 heavy (non-hydrogen) atoms. The van der Waals surface area contributed by atoms with Crippen LogP contribution >= 0.6 is 0 Å². The van der Waals surface area contributed by atoms with Crippen molar-refractivity contribution >= 4 is 0 Å². The van der Waals surface area contributed by atoms with Gasteiger partial charge in [0.15, 0.2) is 0 Å². The molecular formula is C20H44N4. The molecule has 1 aliphatic rings. The molecule has 1 heterocycles. The summed E-state index contributed by atoms with van der Waals surface area (Å²) in [4.78, 5) is 10.6. The van der Waals surface area contributed by atoms with Crippen molar-refractivity contribution in [1.82, 2.24) is 19.6 Å². The van der Waals surface area contributed by atoms with E-state index in [2.05, 4.69) is 47.3 Å². The molecule has 1 fully saturated rings. The quantitative estimate of drug-likeness (QED) is 0.475. The highest BCUT2D eigenvalue weighted by Gasteiger charge is 2.21. The predicted molar refractivity (Wildman–Crippen MR) is 106 cm³/mol. The molecule has 0 atom stereocenters. The summed E-state index contributed by atoms with van der Waals surface area (Å²) in [6.45, 7) is 20.3. The first-order valence-electron chi connectivity index (χ1n) is 10.6. The van der Waals surface area contributed by atoms with E-state index in [1.165, 1.54) is 84.2 Å². The van der Waals surface area contributed by atoms with E-state index >= 15 is 0 Å². The number of hydrogen-bond acceptors (Lipinski definition) is 4. The standard InChI is InChI=1S/C20H44N4/c1-5-9-14-21(15-10-6-2)16-11-17-24-19-22(12-7-3)18-23(20-24)13-8-4/h5-20H2,1-4H3. The molecule has 4 heteroatoms. The molecule has 0 aromatic heterocycles. The van der Waals surface area contributed by atoms with Crippen molar-refractivity contribution in [2.45, 2.75) is 72.6 Å². The summed E-state index contributed by atoms with van der Waals surface area (Å²) in [6, 6.07) is 0. The van der Waals surface area contributed by atoms with Gasteiger partial charge in [-0.1, -0.05) is 40.5 Å². The second-order valence-electron chi connectivity index (χ2n) is 7.51. The lowest BCUT2D eigenvalue weighted by Gasteiger charge is -2.42. The van der Waals surface area contributed by atoms with Crippen molar-refractivity contribution in [3.63, 3.8) is 0 Å². The minimum atomic E-state index is 1.16. The fraction of sp³-hybridized carbons (Fsp3) is 1.00. The third-order valence-corrected chi connectivity index (χ3v) is 4.88. The topological polar surface area (TPSA) is 13.0 Å². The summed E-state index contributed by atoms with van der Waals surface area (Å²) in [5, 5.41) is 0. The molecule has 0 unspecified atom stereocenters. The molecule has 1 saturated heterocycles. The van der Waals surface area contributed by atoms with Crippen LogP contribution in [0, 0.1) is 0 Å². The Balaban J connectivity index is 2.35. The third kappa shape index (κ3) is 9.36. The first-order valence-corrected chi connectivity index (χ1v) is 10.6. The van der Waals surface area contributed by atoms with Gasteiger partial charge < -0.3 is 4.90 Å². The molecule has 0 amide bonds. The molecule has 1 rings (SSSR count). The Morgan fingerprint density at radius 3 is 1.38 bits per heavy atom. The Morgan fingerprint density at radius 1 is 0.542 bits per heavy atom. The van der Waals surface area contributed by atoms with Crippen LogP contribution in [0.5, 0.6) is 0 Å². The fourth-order valence-corrected chi connectivity index (χ4v) is 3.66. The molecule has 4 nitrogen and oxygen atoms in total. The highest BCUT2D eigenvalue weighted by Crippen LogP contribution is 2.10. The smallest absolute Gasteiger partial charge is 0.0529 e. The zero-order chi connectivity index (χ0) is 17.6. The van der Waals surface area contributed by atoms with Crippen molar-refractivity contribution in [1.29, 1.82) is 0 Å². The van der Waals surface area contributed by atoms with Crippen LogP contribution in [0.3, 0.4) is 0 Å². The number of unbranched alkanes of at least 4 members (excludes halogenated alkanes) is 2. The Labute approximate surface area is 152 Å². The van der Waals surface area contributed by atoms with Crippen molar-refractivity contribution < 1.29 is 0 Å². The van der Waals surface area contributed by atoms with Gasteiger partial charge >= 0.3 is 0 Å². The van der Waals surface area contributed by atoms with Gasteiger partial charge in [-0.2, -0.15) is 0 Å². The molecule has 0 bridgehead atoms. The first-order chi connectivity index (χ1) is 11.7. The highest BCUT2D eigenvalue weighted by molar-refractivity contribution is 4.70. The largest absolute Gasteiger partial charge is 0.303 e. The van der Waals surface area contributed by atoms with Crippen LogP contribution in [0.25, 0.3) is 0 Å². The van der Waals surface area contributed by atoms with Crippen LogP contribution in [0.4, 0.5) is 0 Å². The van der Waals surface area contributed by atoms with Gasteiger partial charge in [0.2, 0.25) is 0 Å². The Morgan fingerprint density at radius 2 is 0.958 bits per heavy atom. The molecule has 0 aromatic rings. The summed E-state index contributed by atoms with van der Waals surface area (Å²) < 4.78 is 0. The van der Waals surface area contributed by atoms with E-state index in [4.69, 9.17) is 0 Å². The average Bonchev–Trinajstić information content (AvgIpc) is 2.57. The first kappa shape index (κ1) is 21.9. The summed E-state index contributed by atoms with van der Waals surface area (Å²) in [5.41, 5.74) is 0. The van der Waals surface area contributed by atoms with Crippen molar-refractivity contribution in [2.75, 3.05) is 59.3 Å². The average molecular weight is 341 g/mol. The second kappa shape index (κ2) is 14.1. The maximum atomic E-state index is 2.70. The normalized spacial score (nSPS) is 17.9. The lowest BCUT2D eigenvalue weighted by molar-refractivity contribution is -0.0303. The lowest BCUT2D eigenvalue weighted by atomic mass is 10.2. The molecule has 0 radical (unpaired) electrons. The Hall–Kier alpha value is -0.160.